The van der Waals surface area contributed by atoms with E-state index in [0.29, 0.717) is 11.5 Å². The third-order valence-corrected chi connectivity index (χ3v) is 6.92. The second-order valence-electron chi connectivity index (χ2n) is 7.92. The second-order valence-corrected chi connectivity index (χ2v) is 7.92. The van der Waals surface area contributed by atoms with Gasteiger partial charge in [0.2, 0.25) is 0 Å². The van der Waals surface area contributed by atoms with Gasteiger partial charge in [-0.25, -0.2) is 0 Å². The van der Waals surface area contributed by atoms with Gasteiger partial charge in [0.25, 0.3) is 5.91 Å². The van der Waals surface area contributed by atoms with E-state index in [-0.39, 0.29) is 11.3 Å². The van der Waals surface area contributed by atoms with Gasteiger partial charge in [-0.1, -0.05) is 26.8 Å². The van der Waals surface area contributed by atoms with Gasteiger partial charge >= 0.3 is 0 Å². The first-order chi connectivity index (χ1) is 10.4. The molecule has 2 saturated carbocycles. The smallest absolute Gasteiger partial charge is 0.251 e. The van der Waals surface area contributed by atoms with Gasteiger partial charge in [-0.15, -0.1) is 0 Å². The number of nitrogens with one attached hydrogen (secondary N) is 2. The fourth-order valence-corrected chi connectivity index (χ4v) is 4.85. The maximum atomic E-state index is 12.7. The summed E-state index contributed by atoms with van der Waals surface area (Å²) < 4.78 is 0. The molecule has 4 rings (SSSR count). The van der Waals surface area contributed by atoms with Gasteiger partial charge in [0.15, 0.2) is 0 Å². The van der Waals surface area contributed by atoms with Crippen LogP contribution in [-0.2, 0) is 0 Å². The van der Waals surface area contributed by atoms with E-state index in [4.69, 9.17) is 0 Å². The molecule has 3 unspecified atom stereocenters. The van der Waals surface area contributed by atoms with E-state index in [2.05, 4.69) is 31.1 Å². The average molecular weight is 296 g/mol. The van der Waals surface area contributed by atoms with Crippen LogP contribution in [0, 0.1) is 16.7 Å². The monoisotopic (exact) mass is 296 g/mol. The molecule has 2 aromatic rings. The van der Waals surface area contributed by atoms with Gasteiger partial charge in [0.1, 0.15) is 0 Å². The van der Waals surface area contributed by atoms with Gasteiger partial charge in [-0.05, 0) is 59.6 Å². The molecule has 3 heteroatoms. The minimum absolute atomic E-state index is 0.0612. The Morgan fingerprint density at radius 1 is 1.27 bits per heavy atom. The third-order valence-electron chi connectivity index (χ3n) is 6.92. The predicted molar refractivity (Wildman–Crippen MR) is 88.8 cm³/mol. The number of aromatic nitrogens is 1. The van der Waals surface area contributed by atoms with Crippen molar-refractivity contribution in [2.75, 3.05) is 0 Å². The van der Waals surface area contributed by atoms with Crippen molar-refractivity contribution in [3.05, 3.63) is 36.0 Å². The lowest BCUT2D eigenvalue weighted by atomic mass is 9.69. The van der Waals surface area contributed by atoms with E-state index in [1.807, 2.05) is 30.5 Å². The second kappa shape index (κ2) is 4.37. The van der Waals surface area contributed by atoms with Gasteiger partial charge in [-0.2, -0.15) is 0 Å². The molecular formula is C19H24N2O. The van der Waals surface area contributed by atoms with E-state index in [1.165, 1.54) is 12.8 Å². The van der Waals surface area contributed by atoms with Gasteiger partial charge < -0.3 is 10.3 Å². The summed E-state index contributed by atoms with van der Waals surface area (Å²) >= 11 is 0. The number of carbonyl (C=O) groups excluding carboxylic acids is 1. The highest BCUT2D eigenvalue weighted by Gasteiger charge is 2.61. The Labute approximate surface area is 131 Å². The number of fused-ring (bicyclic) bond motifs is 3. The third kappa shape index (κ3) is 1.71. The van der Waals surface area contributed by atoms with Gasteiger partial charge in [0.05, 0.1) is 0 Å². The van der Waals surface area contributed by atoms with Crippen LogP contribution in [0.5, 0.6) is 0 Å². The van der Waals surface area contributed by atoms with E-state index in [1.54, 1.807) is 0 Å². The van der Waals surface area contributed by atoms with E-state index < -0.39 is 0 Å². The Hall–Kier alpha value is -1.77. The van der Waals surface area contributed by atoms with Crippen LogP contribution < -0.4 is 5.32 Å². The Balaban J connectivity index is 1.58. The van der Waals surface area contributed by atoms with Crippen molar-refractivity contribution < 1.29 is 4.79 Å². The molecule has 0 aliphatic heterocycles. The molecule has 116 valence electrons. The van der Waals surface area contributed by atoms with Crippen LogP contribution in [0.2, 0.25) is 0 Å². The Morgan fingerprint density at radius 2 is 2.09 bits per heavy atom. The van der Waals surface area contributed by atoms with E-state index in [9.17, 15) is 4.79 Å². The lowest BCUT2D eigenvalue weighted by molar-refractivity contribution is 0.0826. The fraction of sp³-hybridized carbons (Fsp3) is 0.526. The number of amides is 1. The van der Waals surface area contributed by atoms with Crippen LogP contribution in [0.1, 0.15) is 50.4 Å². The van der Waals surface area contributed by atoms with Crippen molar-refractivity contribution in [2.24, 2.45) is 16.7 Å². The molecule has 0 saturated heterocycles. The lowest BCUT2D eigenvalue weighted by Crippen LogP contribution is -2.46. The minimum atomic E-state index is 0.0612. The molecule has 3 nitrogen and oxygen atoms in total. The molecule has 1 heterocycles. The van der Waals surface area contributed by atoms with Crippen molar-refractivity contribution in [2.45, 2.75) is 46.1 Å². The summed E-state index contributed by atoms with van der Waals surface area (Å²) in [6.45, 7) is 7.11. The number of aromatic amines is 1. The van der Waals surface area contributed by atoms with Crippen molar-refractivity contribution in [1.29, 1.82) is 0 Å². The SMILES string of the molecule is CC1(C)C2CCC1(C)C(NC(=O)c1ccc3cc[nH]c3c1)C2. The zero-order valence-corrected chi connectivity index (χ0v) is 13.6. The summed E-state index contributed by atoms with van der Waals surface area (Å²) in [5, 5.41) is 4.47. The molecule has 2 N–H and O–H groups in total. The first-order valence-corrected chi connectivity index (χ1v) is 8.30. The van der Waals surface area contributed by atoms with Crippen molar-refractivity contribution >= 4 is 16.8 Å². The molecule has 22 heavy (non-hydrogen) atoms. The minimum Gasteiger partial charge on any atom is -0.361 e. The summed E-state index contributed by atoms with van der Waals surface area (Å²) in [5.74, 6) is 0.805. The van der Waals surface area contributed by atoms with Crippen LogP contribution in [-0.4, -0.2) is 16.9 Å². The first kappa shape index (κ1) is 13.9. The number of H-pyrrole nitrogens is 1. The number of benzene rings is 1. The molecule has 1 amide bonds. The van der Waals surface area contributed by atoms with Crippen LogP contribution in [0.4, 0.5) is 0 Å². The Bertz CT molecular complexity index is 745. The summed E-state index contributed by atoms with van der Waals surface area (Å²) in [6.07, 6.45) is 5.57. The molecule has 2 aliphatic rings. The highest BCUT2D eigenvalue weighted by Crippen LogP contribution is 2.65. The average Bonchev–Trinajstić information content (AvgIpc) is 3.08. The highest BCUT2D eigenvalue weighted by molar-refractivity contribution is 5.98. The summed E-state index contributed by atoms with van der Waals surface area (Å²) in [4.78, 5) is 15.8. The predicted octanol–water partition coefficient (Wildman–Crippen LogP) is 4.11. The highest BCUT2D eigenvalue weighted by atomic mass is 16.1. The summed E-state index contributed by atoms with van der Waals surface area (Å²) in [5.41, 5.74) is 2.32. The summed E-state index contributed by atoms with van der Waals surface area (Å²) in [6, 6.07) is 8.20. The first-order valence-electron chi connectivity index (χ1n) is 8.30. The Morgan fingerprint density at radius 3 is 2.77 bits per heavy atom. The largest absolute Gasteiger partial charge is 0.361 e. The van der Waals surface area contributed by atoms with Crippen molar-refractivity contribution in [3.63, 3.8) is 0 Å². The molecule has 0 spiro atoms. The van der Waals surface area contributed by atoms with Crippen LogP contribution in [0.15, 0.2) is 30.5 Å². The van der Waals surface area contributed by atoms with Crippen LogP contribution in [0.3, 0.4) is 0 Å². The van der Waals surface area contributed by atoms with Gasteiger partial charge in [-0.3, -0.25) is 4.79 Å². The quantitative estimate of drug-likeness (QED) is 0.860. The summed E-state index contributed by atoms with van der Waals surface area (Å²) in [7, 11) is 0. The number of hydrogen-bond donors (Lipinski definition) is 2. The maximum Gasteiger partial charge on any atom is 0.251 e. The normalized spacial score (nSPS) is 32.5. The zero-order valence-electron chi connectivity index (χ0n) is 13.6. The number of carbonyl (C=O) groups is 1. The van der Waals surface area contributed by atoms with Crippen molar-refractivity contribution in [1.82, 2.24) is 10.3 Å². The van der Waals surface area contributed by atoms with Crippen molar-refractivity contribution in [3.8, 4) is 0 Å². The number of hydrogen-bond acceptors (Lipinski definition) is 1. The number of rotatable bonds is 2. The topological polar surface area (TPSA) is 44.9 Å². The van der Waals surface area contributed by atoms with Crippen LogP contribution >= 0.6 is 0 Å². The van der Waals surface area contributed by atoms with Gasteiger partial charge in [0, 0.05) is 23.3 Å². The molecule has 2 aliphatic carbocycles. The van der Waals surface area contributed by atoms with E-state index >= 15 is 0 Å². The Kier molecular flexibility index (Phi) is 2.76. The molecule has 1 aromatic heterocycles. The lowest BCUT2D eigenvalue weighted by Gasteiger charge is -2.39. The fourth-order valence-electron chi connectivity index (χ4n) is 4.85. The zero-order chi connectivity index (χ0) is 15.5. The molecule has 0 radical (unpaired) electrons. The maximum absolute atomic E-state index is 12.7. The molecule has 3 atom stereocenters. The molecule has 1 aromatic carbocycles. The standard InChI is InChI=1S/C19H24N2O/c1-18(2)14-6-8-19(18,3)16(11-14)21-17(22)13-5-4-12-7-9-20-15(12)10-13/h4-5,7,9-10,14,16,20H,6,8,11H2,1-3H3,(H,21,22). The van der Waals surface area contributed by atoms with Crippen LogP contribution in [0.25, 0.3) is 10.9 Å². The molecular weight excluding hydrogens is 272 g/mol. The molecule has 2 bridgehead atoms. The molecule has 2 fully saturated rings. The van der Waals surface area contributed by atoms with E-state index in [0.717, 1.165) is 28.8 Å².